The van der Waals surface area contributed by atoms with Gasteiger partial charge in [0.25, 0.3) is 0 Å². The molecule has 0 saturated carbocycles. The molecule has 2 rings (SSSR count). The Morgan fingerprint density at radius 1 is 1.55 bits per heavy atom. The van der Waals surface area contributed by atoms with Crippen molar-refractivity contribution >= 4 is 17.2 Å². The fourth-order valence-corrected chi connectivity index (χ4v) is 3.60. The van der Waals surface area contributed by atoms with Crippen molar-refractivity contribution in [3.05, 3.63) is 21.9 Å². The summed E-state index contributed by atoms with van der Waals surface area (Å²) < 4.78 is 5.24. The number of amides is 1. The zero-order chi connectivity index (χ0) is 14.9. The summed E-state index contributed by atoms with van der Waals surface area (Å²) in [6.45, 7) is 8.72. The highest BCUT2D eigenvalue weighted by Gasteiger charge is 2.49. The molecule has 0 aliphatic carbocycles. The van der Waals surface area contributed by atoms with Gasteiger partial charge in [0.15, 0.2) is 0 Å². The van der Waals surface area contributed by atoms with Crippen LogP contribution in [0.4, 0.5) is 0 Å². The number of rotatable bonds is 5. The normalized spacial score (nSPS) is 28.1. The number of aryl methyl sites for hydroxylation is 1. The molecule has 0 bridgehead atoms. The van der Waals surface area contributed by atoms with Crippen LogP contribution in [0.2, 0.25) is 0 Å². The SMILES string of the molecule is CCC1(C)NC(c2ccc(C)s2)N(C(C)COC)C1=O. The number of thiophene rings is 1. The Kier molecular flexibility index (Phi) is 4.52. The van der Waals surface area contributed by atoms with Crippen LogP contribution in [0, 0.1) is 6.92 Å². The molecule has 1 aliphatic heterocycles. The Hall–Kier alpha value is -0.910. The summed E-state index contributed by atoms with van der Waals surface area (Å²) in [7, 11) is 1.67. The van der Waals surface area contributed by atoms with Crippen LogP contribution < -0.4 is 5.32 Å². The number of nitrogens with one attached hydrogen (secondary N) is 1. The summed E-state index contributed by atoms with van der Waals surface area (Å²) in [5.74, 6) is 0.167. The number of hydrogen-bond donors (Lipinski definition) is 1. The second kappa shape index (κ2) is 5.84. The molecule has 0 radical (unpaired) electrons. The zero-order valence-electron chi connectivity index (χ0n) is 12.9. The molecule has 20 heavy (non-hydrogen) atoms. The highest BCUT2D eigenvalue weighted by molar-refractivity contribution is 7.12. The Morgan fingerprint density at radius 2 is 2.25 bits per heavy atom. The Balaban J connectivity index is 2.34. The van der Waals surface area contributed by atoms with Gasteiger partial charge in [-0.25, -0.2) is 0 Å². The van der Waals surface area contributed by atoms with Gasteiger partial charge in [0.05, 0.1) is 18.2 Å². The number of carbonyl (C=O) groups is 1. The smallest absolute Gasteiger partial charge is 0.244 e. The van der Waals surface area contributed by atoms with E-state index >= 15 is 0 Å². The van der Waals surface area contributed by atoms with Crippen molar-refractivity contribution in [1.82, 2.24) is 10.2 Å². The van der Waals surface area contributed by atoms with Crippen LogP contribution in [0.25, 0.3) is 0 Å². The van der Waals surface area contributed by atoms with Crippen LogP contribution in [0.3, 0.4) is 0 Å². The van der Waals surface area contributed by atoms with Crippen molar-refractivity contribution in [2.24, 2.45) is 0 Å². The van der Waals surface area contributed by atoms with Crippen LogP contribution in [-0.2, 0) is 9.53 Å². The molecule has 1 amide bonds. The summed E-state index contributed by atoms with van der Waals surface area (Å²) in [5, 5.41) is 3.52. The standard InChI is InChI=1S/C15H24N2O2S/c1-6-15(4)14(18)17(10(2)9-19-5)13(16-15)12-8-7-11(3)20-12/h7-8,10,13,16H,6,9H2,1-5H3. The van der Waals surface area contributed by atoms with Gasteiger partial charge in [-0.15, -0.1) is 11.3 Å². The first-order chi connectivity index (χ1) is 9.42. The van der Waals surface area contributed by atoms with Crippen molar-refractivity contribution in [1.29, 1.82) is 0 Å². The number of hydrogen-bond acceptors (Lipinski definition) is 4. The number of ether oxygens (including phenoxy) is 1. The minimum absolute atomic E-state index is 0.0451. The van der Waals surface area contributed by atoms with Crippen molar-refractivity contribution < 1.29 is 9.53 Å². The van der Waals surface area contributed by atoms with E-state index < -0.39 is 5.54 Å². The van der Waals surface area contributed by atoms with Gasteiger partial charge in [0.2, 0.25) is 5.91 Å². The lowest BCUT2D eigenvalue weighted by Gasteiger charge is -2.29. The molecule has 2 heterocycles. The van der Waals surface area contributed by atoms with E-state index in [1.807, 2.05) is 25.7 Å². The minimum atomic E-state index is -0.482. The van der Waals surface area contributed by atoms with Crippen molar-refractivity contribution in [2.75, 3.05) is 13.7 Å². The summed E-state index contributed by atoms with van der Waals surface area (Å²) in [6, 6.07) is 4.27. The molecule has 0 spiro atoms. The second-order valence-corrected chi connectivity index (χ2v) is 7.02. The average Bonchev–Trinajstić information content (AvgIpc) is 2.94. The van der Waals surface area contributed by atoms with Gasteiger partial charge in [-0.3, -0.25) is 10.1 Å². The first-order valence-electron chi connectivity index (χ1n) is 7.08. The van der Waals surface area contributed by atoms with E-state index in [0.717, 1.165) is 6.42 Å². The van der Waals surface area contributed by atoms with E-state index in [1.165, 1.54) is 9.75 Å². The Labute approximate surface area is 125 Å². The first-order valence-corrected chi connectivity index (χ1v) is 7.90. The van der Waals surface area contributed by atoms with Gasteiger partial charge in [0, 0.05) is 16.9 Å². The van der Waals surface area contributed by atoms with Gasteiger partial charge < -0.3 is 9.64 Å². The molecule has 1 aliphatic rings. The van der Waals surface area contributed by atoms with Crippen LogP contribution in [0.5, 0.6) is 0 Å². The average molecular weight is 296 g/mol. The van der Waals surface area contributed by atoms with E-state index in [2.05, 4.69) is 24.4 Å². The van der Waals surface area contributed by atoms with E-state index in [4.69, 9.17) is 4.74 Å². The maximum Gasteiger partial charge on any atom is 0.244 e. The summed E-state index contributed by atoms with van der Waals surface area (Å²) in [5.41, 5.74) is -0.482. The molecule has 1 saturated heterocycles. The predicted octanol–water partition coefficient (Wildman–Crippen LogP) is 2.69. The van der Waals surface area contributed by atoms with E-state index in [0.29, 0.717) is 6.61 Å². The number of methoxy groups -OCH3 is 1. The van der Waals surface area contributed by atoms with Crippen LogP contribution in [0.15, 0.2) is 12.1 Å². The number of nitrogens with zero attached hydrogens (tertiary/aromatic N) is 1. The number of carbonyl (C=O) groups excluding carboxylic acids is 1. The highest BCUT2D eigenvalue weighted by Crippen LogP contribution is 2.36. The van der Waals surface area contributed by atoms with Gasteiger partial charge in [-0.1, -0.05) is 6.92 Å². The summed E-state index contributed by atoms with van der Waals surface area (Å²) in [4.78, 5) is 17.2. The molecule has 1 fully saturated rings. The Bertz CT molecular complexity index is 488. The molecule has 1 N–H and O–H groups in total. The van der Waals surface area contributed by atoms with Gasteiger partial charge in [0.1, 0.15) is 6.17 Å². The zero-order valence-corrected chi connectivity index (χ0v) is 13.7. The van der Waals surface area contributed by atoms with Crippen molar-refractivity contribution in [3.8, 4) is 0 Å². The third kappa shape index (κ3) is 2.62. The molecular weight excluding hydrogens is 272 g/mol. The molecular formula is C15H24N2O2S. The lowest BCUT2D eigenvalue weighted by Crippen LogP contribution is -2.45. The highest BCUT2D eigenvalue weighted by atomic mass is 32.1. The monoisotopic (exact) mass is 296 g/mol. The lowest BCUT2D eigenvalue weighted by atomic mass is 9.99. The molecule has 112 valence electrons. The fourth-order valence-electron chi connectivity index (χ4n) is 2.67. The molecule has 5 heteroatoms. The lowest BCUT2D eigenvalue weighted by molar-refractivity contribution is -0.135. The maximum atomic E-state index is 12.8. The third-order valence-corrected chi connectivity index (χ3v) is 5.11. The predicted molar refractivity (Wildman–Crippen MR) is 81.8 cm³/mol. The molecule has 3 unspecified atom stereocenters. The first kappa shape index (κ1) is 15.5. The topological polar surface area (TPSA) is 41.6 Å². The summed E-state index contributed by atoms with van der Waals surface area (Å²) in [6.07, 6.45) is 0.736. The van der Waals surface area contributed by atoms with E-state index in [-0.39, 0.29) is 18.1 Å². The van der Waals surface area contributed by atoms with Gasteiger partial charge >= 0.3 is 0 Å². The molecule has 0 aromatic carbocycles. The van der Waals surface area contributed by atoms with Crippen molar-refractivity contribution in [3.63, 3.8) is 0 Å². The van der Waals surface area contributed by atoms with Crippen LogP contribution in [-0.4, -0.2) is 36.1 Å². The fraction of sp³-hybridized carbons (Fsp3) is 0.667. The molecule has 3 atom stereocenters. The van der Waals surface area contributed by atoms with Gasteiger partial charge in [-0.05, 0) is 39.3 Å². The molecule has 1 aromatic heterocycles. The quantitative estimate of drug-likeness (QED) is 0.908. The second-order valence-electron chi connectivity index (χ2n) is 5.70. The maximum absolute atomic E-state index is 12.8. The van der Waals surface area contributed by atoms with Gasteiger partial charge in [-0.2, -0.15) is 0 Å². The van der Waals surface area contributed by atoms with Crippen LogP contribution in [0.1, 0.15) is 43.1 Å². The largest absolute Gasteiger partial charge is 0.383 e. The van der Waals surface area contributed by atoms with Crippen LogP contribution >= 0.6 is 11.3 Å². The summed E-state index contributed by atoms with van der Waals surface area (Å²) >= 11 is 1.74. The van der Waals surface area contributed by atoms with E-state index in [9.17, 15) is 4.79 Å². The van der Waals surface area contributed by atoms with Crippen molar-refractivity contribution in [2.45, 2.75) is 51.9 Å². The molecule has 1 aromatic rings. The third-order valence-electron chi connectivity index (χ3n) is 4.06. The Morgan fingerprint density at radius 3 is 2.75 bits per heavy atom. The molecule has 4 nitrogen and oxygen atoms in total. The van der Waals surface area contributed by atoms with E-state index in [1.54, 1.807) is 18.4 Å². The minimum Gasteiger partial charge on any atom is -0.383 e.